The Hall–Kier alpha value is -1.29. The predicted molar refractivity (Wildman–Crippen MR) is 68.4 cm³/mol. The van der Waals surface area contributed by atoms with Crippen molar-refractivity contribution in [3.63, 3.8) is 0 Å². The lowest BCUT2D eigenvalue weighted by Gasteiger charge is -2.23. The molecule has 0 aliphatic carbocycles. The molecule has 0 fully saturated rings. The standard InChI is InChI=1S/C15H21N/c1-6-15(5,11-16)13-9-7-12(8-10-13)14(2,3)4/h7-10H,6H2,1-5H3. The average Bonchev–Trinajstić information content (AvgIpc) is 2.27. The number of hydrogen-bond donors (Lipinski definition) is 0. The second-order valence-electron chi connectivity index (χ2n) is 5.62. The van der Waals surface area contributed by atoms with E-state index in [0.717, 1.165) is 12.0 Å². The normalized spacial score (nSPS) is 15.2. The van der Waals surface area contributed by atoms with Crippen LogP contribution < -0.4 is 0 Å². The molecule has 0 saturated carbocycles. The van der Waals surface area contributed by atoms with Gasteiger partial charge in [0.15, 0.2) is 0 Å². The van der Waals surface area contributed by atoms with E-state index in [4.69, 9.17) is 0 Å². The van der Waals surface area contributed by atoms with Crippen LogP contribution in [0.25, 0.3) is 0 Å². The molecule has 1 heteroatoms. The minimum Gasteiger partial charge on any atom is -0.197 e. The lowest BCUT2D eigenvalue weighted by atomic mass is 9.79. The molecule has 1 aromatic rings. The zero-order chi connectivity index (χ0) is 12.4. The molecule has 0 spiro atoms. The number of nitriles is 1. The molecular formula is C15H21N. The van der Waals surface area contributed by atoms with E-state index >= 15 is 0 Å². The molecule has 0 amide bonds. The largest absolute Gasteiger partial charge is 0.197 e. The monoisotopic (exact) mass is 215 g/mol. The van der Waals surface area contributed by atoms with Gasteiger partial charge in [-0.3, -0.25) is 0 Å². The molecule has 1 rings (SSSR count). The van der Waals surface area contributed by atoms with E-state index in [2.05, 4.69) is 58.0 Å². The zero-order valence-electron chi connectivity index (χ0n) is 11.0. The van der Waals surface area contributed by atoms with E-state index in [1.807, 2.05) is 6.92 Å². The van der Waals surface area contributed by atoms with Crippen molar-refractivity contribution in [1.29, 1.82) is 5.26 Å². The van der Waals surface area contributed by atoms with Gasteiger partial charge >= 0.3 is 0 Å². The maximum absolute atomic E-state index is 9.22. The maximum Gasteiger partial charge on any atom is 0.0791 e. The average molecular weight is 215 g/mol. The summed E-state index contributed by atoms with van der Waals surface area (Å²) in [4.78, 5) is 0. The van der Waals surface area contributed by atoms with Crippen LogP contribution in [0.3, 0.4) is 0 Å². The highest BCUT2D eigenvalue weighted by molar-refractivity contribution is 5.35. The number of benzene rings is 1. The van der Waals surface area contributed by atoms with E-state index in [-0.39, 0.29) is 10.8 Å². The van der Waals surface area contributed by atoms with Gasteiger partial charge in [-0.05, 0) is 29.9 Å². The molecule has 1 atom stereocenters. The Morgan fingerprint density at radius 2 is 1.44 bits per heavy atom. The van der Waals surface area contributed by atoms with Crippen molar-refractivity contribution < 1.29 is 0 Å². The van der Waals surface area contributed by atoms with Crippen molar-refractivity contribution in [1.82, 2.24) is 0 Å². The van der Waals surface area contributed by atoms with Gasteiger partial charge < -0.3 is 0 Å². The molecule has 1 aromatic carbocycles. The topological polar surface area (TPSA) is 23.8 Å². The van der Waals surface area contributed by atoms with Crippen molar-refractivity contribution in [2.24, 2.45) is 0 Å². The van der Waals surface area contributed by atoms with Crippen LogP contribution in [0.1, 0.15) is 52.2 Å². The first-order chi connectivity index (χ1) is 7.33. The van der Waals surface area contributed by atoms with Crippen LogP contribution in [0, 0.1) is 11.3 Å². The van der Waals surface area contributed by atoms with Crippen LogP contribution in [0.4, 0.5) is 0 Å². The Morgan fingerprint density at radius 3 is 1.75 bits per heavy atom. The quantitative estimate of drug-likeness (QED) is 0.726. The van der Waals surface area contributed by atoms with Crippen LogP contribution >= 0.6 is 0 Å². The van der Waals surface area contributed by atoms with Gasteiger partial charge in [0, 0.05) is 0 Å². The van der Waals surface area contributed by atoms with E-state index in [1.54, 1.807) is 0 Å². The molecule has 0 heterocycles. The zero-order valence-corrected chi connectivity index (χ0v) is 11.0. The molecule has 0 saturated heterocycles. The second-order valence-corrected chi connectivity index (χ2v) is 5.62. The summed E-state index contributed by atoms with van der Waals surface area (Å²) in [5, 5.41) is 9.22. The van der Waals surface area contributed by atoms with Gasteiger partial charge in [0.05, 0.1) is 11.5 Å². The third-order valence-corrected chi connectivity index (χ3v) is 3.34. The van der Waals surface area contributed by atoms with Gasteiger partial charge in [0.1, 0.15) is 0 Å². The summed E-state index contributed by atoms with van der Waals surface area (Å²) in [6, 6.07) is 10.9. The van der Waals surface area contributed by atoms with E-state index in [1.165, 1.54) is 5.56 Å². The summed E-state index contributed by atoms with van der Waals surface area (Å²) >= 11 is 0. The van der Waals surface area contributed by atoms with Gasteiger partial charge in [-0.1, -0.05) is 52.0 Å². The summed E-state index contributed by atoms with van der Waals surface area (Å²) in [5.41, 5.74) is 2.25. The van der Waals surface area contributed by atoms with Gasteiger partial charge in [0.25, 0.3) is 0 Å². The Bertz CT molecular complexity index is 389. The number of hydrogen-bond acceptors (Lipinski definition) is 1. The van der Waals surface area contributed by atoms with Gasteiger partial charge in [-0.2, -0.15) is 5.26 Å². The summed E-state index contributed by atoms with van der Waals surface area (Å²) in [6.45, 7) is 10.7. The highest BCUT2D eigenvalue weighted by Gasteiger charge is 2.24. The molecule has 0 radical (unpaired) electrons. The van der Waals surface area contributed by atoms with Gasteiger partial charge in [-0.15, -0.1) is 0 Å². The molecule has 1 unspecified atom stereocenters. The molecular weight excluding hydrogens is 194 g/mol. The lowest BCUT2D eigenvalue weighted by molar-refractivity contribution is 0.576. The fraction of sp³-hybridized carbons (Fsp3) is 0.533. The van der Waals surface area contributed by atoms with Gasteiger partial charge in [0.2, 0.25) is 0 Å². The van der Waals surface area contributed by atoms with Crippen molar-refractivity contribution in [2.45, 2.75) is 51.9 Å². The van der Waals surface area contributed by atoms with Crippen molar-refractivity contribution in [3.05, 3.63) is 35.4 Å². The summed E-state index contributed by atoms with van der Waals surface area (Å²) < 4.78 is 0. The summed E-state index contributed by atoms with van der Waals surface area (Å²) in [6.07, 6.45) is 0.846. The Labute approximate surface area is 99.1 Å². The van der Waals surface area contributed by atoms with Crippen LogP contribution in [-0.2, 0) is 10.8 Å². The second kappa shape index (κ2) is 4.29. The molecule has 16 heavy (non-hydrogen) atoms. The van der Waals surface area contributed by atoms with Crippen molar-refractivity contribution in [3.8, 4) is 6.07 Å². The molecule has 1 nitrogen and oxygen atoms in total. The fourth-order valence-corrected chi connectivity index (χ4v) is 1.69. The number of nitrogens with zero attached hydrogens (tertiary/aromatic N) is 1. The Morgan fingerprint density at radius 1 is 1.00 bits per heavy atom. The first kappa shape index (κ1) is 12.8. The molecule has 0 N–H and O–H groups in total. The highest BCUT2D eigenvalue weighted by Crippen LogP contribution is 2.29. The van der Waals surface area contributed by atoms with Crippen molar-refractivity contribution in [2.75, 3.05) is 0 Å². The van der Waals surface area contributed by atoms with E-state index < -0.39 is 0 Å². The van der Waals surface area contributed by atoms with Crippen LogP contribution in [0.5, 0.6) is 0 Å². The third kappa shape index (κ3) is 2.44. The van der Waals surface area contributed by atoms with Gasteiger partial charge in [-0.25, -0.2) is 0 Å². The van der Waals surface area contributed by atoms with E-state index in [0.29, 0.717) is 0 Å². The minimum atomic E-state index is -0.351. The maximum atomic E-state index is 9.22. The summed E-state index contributed by atoms with van der Waals surface area (Å²) in [7, 11) is 0. The van der Waals surface area contributed by atoms with Crippen LogP contribution in [-0.4, -0.2) is 0 Å². The highest BCUT2D eigenvalue weighted by atomic mass is 14.3. The molecule has 86 valence electrons. The Balaban J connectivity index is 3.10. The number of rotatable bonds is 2. The van der Waals surface area contributed by atoms with Crippen molar-refractivity contribution >= 4 is 0 Å². The molecule has 0 bridgehead atoms. The molecule has 0 aliphatic heterocycles. The first-order valence-corrected chi connectivity index (χ1v) is 5.86. The fourth-order valence-electron chi connectivity index (χ4n) is 1.69. The third-order valence-electron chi connectivity index (χ3n) is 3.34. The smallest absolute Gasteiger partial charge is 0.0791 e. The first-order valence-electron chi connectivity index (χ1n) is 5.86. The van der Waals surface area contributed by atoms with E-state index in [9.17, 15) is 5.26 Å². The van der Waals surface area contributed by atoms with Crippen LogP contribution in [0.15, 0.2) is 24.3 Å². The SMILES string of the molecule is CCC(C)(C#N)c1ccc(C(C)(C)C)cc1. The minimum absolute atomic E-state index is 0.174. The predicted octanol–water partition coefficient (Wildman–Crippen LogP) is 4.18. The lowest BCUT2D eigenvalue weighted by Crippen LogP contribution is -2.18. The Kier molecular flexibility index (Phi) is 3.43. The molecule has 0 aliphatic rings. The summed E-state index contributed by atoms with van der Waals surface area (Å²) in [5.74, 6) is 0. The van der Waals surface area contributed by atoms with Crippen LogP contribution in [0.2, 0.25) is 0 Å². The molecule has 0 aromatic heterocycles.